The summed E-state index contributed by atoms with van der Waals surface area (Å²) < 4.78 is 6.01. The molecule has 1 heterocycles. The topological polar surface area (TPSA) is 58.6 Å². The first kappa shape index (κ1) is 24.1. The number of fused-ring (bicyclic) bond motifs is 1. The molecule has 5 nitrogen and oxygen atoms in total. The smallest absolute Gasteiger partial charge is 0.294 e. The van der Waals surface area contributed by atoms with Crippen LogP contribution < -0.4 is 15.0 Å². The molecule has 184 valence electrons. The maximum Gasteiger partial charge on any atom is 0.294 e. The summed E-state index contributed by atoms with van der Waals surface area (Å²) in [6.07, 6.45) is 1.72. The van der Waals surface area contributed by atoms with Crippen LogP contribution in [0.4, 0.5) is 5.69 Å². The van der Waals surface area contributed by atoms with Crippen molar-refractivity contribution >= 4 is 23.6 Å². The van der Waals surface area contributed by atoms with Gasteiger partial charge >= 0.3 is 0 Å². The molecule has 0 aliphatic carbocycles. The molecule has 1 N–H and O–H groups in total. The van der Waals surface area contributed by atoms with E-state index in [1.807, 2.05) is 98.8 Å². The van der Waals surface area contributed by atoms with Gasteiger partial charge in [-0.25, -0.2) is 0 Å². The molecule has 0 saturated heterocycles. The first-order valence-corrected chi connectivity index (χ1v) is 12.3. The van der Waals surface area contributed by atoms with Gasteiger partial charge in [0.1, 0.15) is 0 Å². The lowest BCUT2D eigenvalue weighted by molar-refractivity contribution is -0.117. The third kappa shape index (κ3) is 5.46. The zero-order valence-corrected chi connectivity index (χ0v) is 20.8. The van der Waals surface area contributed by atoms with Crippen molar-refractivity contribution in [2.75, 3.05) is 4.90 Å². The molecule has 1 unspecified atom stereocenters. The number of amides is 2. The standard InChI is InChI=1S/C32H28N2O3/c1-22-9-8-10-25(19-22)21-34-28-13-6-7-14-29(28)37-30(32(34)36)20-24-15-17-27(18-16-24)31(35)33-23(2)26-11-4-3-5-12-26/h3-20,23H,21H2,1-2H3,(H,33,35). The Hall–Kier alpha value is -4.64. The highest BCUT2D eigenvalue weighted by molar-refractivity contribution is 6.09. The molecule has 5 rings (SSSR count). The van der Waals surface area contributed by atoms with Gasteiger partial charge in [0.15, 0.2) is 11.5 Å². The summed E-state index contributed by atoms with van der Waals surface area (Å²) in [5, 5.41) is 3.02. The SMILES string of the molecule is Cc1cccc(CN2C(=O)C(=Cc3ccc(C(=O)NC(C)c4ccccc4)cc3)Oc3ccccc32)c1. The molecular formula is C32H28N2O3. The first-order valence-electron chi connectivity index (χ1n) is 12.3. The van der Waals surface area contributed by atoms with Gasteiger partial charge in [0, 0.05) is 5.56 Å². The van der Waals surface area contributed by atoms with Gasteiger partial charge in [-0.2, -0.15) is 0 Å². The molecule has 5 heteroatoms. The number of carbonyl (C=O) groups is 2. The van der Waals surface area contributed by atoms with Crippen molar-refractivity contribution in [1.82, 2.24) is 5.32 Å². The van der Waals surface area contributed by atoms with E-state index in [2.05, 4.69) is 11.4 Å². The fourth-order valence-electron chi connectivity index (χ4n) is 4.40. The van der Waals surface area contributed by atoms with Gasteiger partial charge in [0.05, 0.1) is 18.3 Å². The predicted molar refractivity (Wildman–Crippen MR) is 146 cm³/mol. The van der Waals surface area contributed by atoms with E-state index in [0.29, 0.717) is 17.9 Å². The molecular weight excluding hydrogens is 460 g/mol. The highest BCUT2D eigenvalue weighted by Gasteiger charge is 2.30. The van der Waals surface area contributed by atoms with Crippen LogP contribution in [0.3, 0.4) is 0 Å². The highest BCUT2D eigenvalue weighted by Crippen LogP contribution is 2.36. The van der Waals surface area contributed by atoms with Crippen molar-refractivity contribution in [3.63, 3.8) is 0 Å². The second-order valence-corrected chi connectivity index (χ2v) is 9.19. The maximum absolute atomic E-state index is 13.5. The summed E-state index contributed by atoms with van der Waals surface area (Å²) >= 11 is 0. The van der Waals surface area contributed by atoms with E-state index in [1.54, 1.807) is 23.1 Å². The predicted octanol–water partition coefficient (Wildman–Crippen LogP) is 6.45. The van der Waals surface area contributed by atoms with Crippen LogP contribution in [0.15, 0.2) is 109 Å². The molecule has 0 aromatic heterocycles. The monoisotopic (exact) mass is 488 g/mol. The Balaban J connectivity index is 1.35. The first-order chi connectivity index (χ1) is 18.0. The number of rotatable bonds is 6. The minimum absolute atomic E-state index is 0.108. The van der Waals surface area contributed by atoms with Gasteiger partial charge in [-0.1, -0.05) is 84.4 Å². The largest absolute Gasteiger partial charge is 0.449 e. The van der Waals surface area contributed by atoms with E-state index < -0.39 is 0 Å². The summed E-state index contributed by atoms with van der Waals surface area (Å²) in [6, 6.07) is 32.5. The van der Waals surface area contributed by atoms with Gasteiger partial charge in [-0.3, -0.25) is 14.5 Å². The zero-order valence-electron chi connectivity index (χ0n) is 20.8. The van der Waals surface area contributed by atoms with E-state index >= 15 is 0 Å². The Morgan fingerprint density at radius 3 is 2.41 bits per heavy atom. The van der Waals surface area contributed by atoms with E-state index in [9.17, 15) is 9.59 Å². The van der Waals surface area contributed by atoms with Crippen LogP contribution >= 0.6 is 0 Å². The fourth-order valence-corrected chi connectivity index (χ4v) is 4.40. The number of nitrogens with one attached hydrogen (secondary N) is 1. The lowest BCUT2D eigenvalue weighted by Gasteiger charge is -2.30. The molecule has 1 atom stereocenters. The number of hydrogen-bond acceptors (Lipinski definition) is 3. The molecule has 0 fully saturated rings. The second kappa shape index (κ2) is 10.5. The Kier molecular flexibility index (Phi) is 6.86. The fraction of sp³-hybridized carbons (Fsp3) is 0.125. The number of benzene rings is 4. The summed E-state index contributed by atoms with van der Waals surface area (Å²) in [4.78, 5) is 28.0. The van der Waals surface area contributed by atoms with E-state index in [4.69, 9.17) is 4.74 Å². The Bertz CT molecular complexity index is 1460. The molecule has 0 bridgehead atoms. The minimum atomic E-state index is -0.210. The molecule has 0 radical (unpaired) electrons. The molecule has 4 aromatic rings. The van der Waals surface area contributed by atoms with Crippen molar-refractivity contribution < 1.29 is 14.3 Å². The average molecular weight is 489 g/mol. The summed E-state index contributed by atoms with van der Waals surface area (Å²) in [6.45, 7) is 4.44. The minimum Gasteiger partial charge on any atom is -0.449 e. The zero-order chi connectivity index (χ0) is 25.8. The van der Waals surface area contributed by atoms with Crippen LogP contribution in [-0.2, 0) is 11.3 Å². The molecule has 1 aliphatic rings. The van der Waals surface area contributed by atoms with Gasteiger partial charge in [0.25, 0.3) is 11.8 Å². The molecule has 0 spiro atoms. The Morgan fingerprint density at radius 2 is 1.65 bits per heavy atom. The average Bonchev–Trinajstić information content (AvgIpc) is 2.92. The number of ether oxygens (including phenoxy) is 1. The number of para-hydroxylation sites is 2. The van der Waals surface area contributed by atoms with Crippen LogP contribution in [0, 0.1) is 6.92 Å². The maximum atomic E-state index is 13.5. The van der Waals surface area contributed by atoms with Crippen LogP contribution in [0.1, 0.15) is 45.6 Å². The third-order valence-corrected chi connectivity index (χ3v) is 6.37. The molecule has 1 aliphatic heterocycles. The highest BCUT2D eigenvalue weighted by atomic mass is 16.5. The summed E-state index contributed by atoms with van der Waals surface area (Å²) in [5.74, 6) is 0.505. The van der Waals surface area contributed by atoms with Gasteiger partial charge in [-0.15, -0.1) is 0 Å². The Morgan fingerprint density at radius 1 is 0.919 bits per heavy atom. The van der Waals surface area contributed by atoms with Crippen molar-refractivity contribution in [3.8, 4) is 5.75 Å². The lowest BCUT2D eigenvalue weighted by Crippen LogP contribution is -2.36. The van der Waals surface area contributed by atoms with E-state index in [0.717, 1.165) is 27.9 Å². The van der Waals surface area contributed by atoms with Crippen molar-refractivity contribution in [2.45, 2.75) is 26.4 Å². The number of aryl methyl sites for hydroxylation is 1. The van der Waals surface area contributed by atoms with Crippen molar-refractivity contribution in [1.29, 1.82) is 0 Å². The van der Waals surface area contributed by atoms with Crippen LogP contribution in [-0.4, -0.2) is 11.8 Å². The normalized spacial score (nSPS) is 14.6. The Labute approximate surface area is 217 Å². The molecule has 2 amide bonds. The van der Waals surface area contributed by atoms with Gasteiger partial charge < -0.3 is 10.1 Å². The summed E-state index contributed by atoms with van der Waals surface area (Å²) in [5.41, 5.74) is 5.29. The van der Waals surface area contributed by atoms with Crippen LogP contribution in [0.5, 0.6) is 5.75 Å². The molecule has 4 aromatic carbocycles. The van der Waals surface area contributed by atoms with Gasteiger partial charge in [0.2, 0.25) is 0 Å². The number of nitrogens with zero attached hydrogens (tertiary/aromatic N) is 1. The van der Waals surface area contributed by atoms with Crippen LogP contribution in [0.25, 0.3) is 6.08 Å². The number of hydrogen-bond donors (Lipinski definition) is 1. The second-order valence-electron chi connectivity index (χ2n) is 9.19. The summed E-state index contributed by atoms with van der Waals surface area (Å²) in [7, 11) is 0. The van der Waals surface area contributed by atoms with E-state index in [-0.39, 0.29) is 23.6 Å². The third-order valence-electron chi connectivity index (χ3n) is 6.37. The number of anilines is 1. The molecule has 0 saturated carbocycles. The van der Waals surface area contributed by atoms with Crippen LogP contribution in [0.2, 0.25) is 0 Å². The van der Waals surface area contributed by atoms with Crippen molar-refractivity contribution in [2.24, 2.45) is 0 Å². The molecule has 37 heavy (non-hydrogen) atoms. The number of carbonyl (C=O) groups excluding carboxylic acids is 2. The quantitative estimate of drug-likeness (QED) is 0.317. The lowest BCUT2D eigenvalue weighted by atomic mass is 10.1. The van der Waals surface area contributed by atoms with Gasteiger partial charge in [-0.05, 0) is 60.9 Å². The van der Waals surface area contributed by atoms with Crippen molar-refractivity contribution in [3.05, 3.63) is 137 Å². The van der Waals surface area contributed by atoms with E-state index in [1.165, 1.54) is 0 Å².